The first kappa shape index (κ1) is 18.8. The number of nitrogens with zero attached hydrogens (tertiary/aromatic N) is 5. The van der Waals surface area contributed by atoms with E-state index in [-0.39, 0.29) is 18.9 Å². The molecule has 10 heteroatoms. The number of nitro benzene ring substituents is 1. The topological polar surface area (TPSA) is 124 Å². The van der Waals surface area contributed by atoms with Crippen molar-refractivity contribution >= 4 is 43.7 Å². The van der Waals surface area contributed by atoms with Gasteiger partial charge in [-0.1, -0.05) is 11.3 Å². The second-order valence-corrected chi connectivity index (χ2v) is 6.57. The van der Waals surface area contributed by atoms with Crippen molar-refractivity contribution in [3.8, 4) is 0 Å². The summed E-state index contributed by atoms with van der Waals surface area (Å²) < 4.78 is 0.800. The molecule has 1 aromatic heterocycles. The SMILES string of the molecule is O=[N+]([O-])c1ccc2sc(N=Nc3ccc(N(CCO)CCO)cc3)nc2c1. The minimum atomic E-state index is -0.460. The lowest BCUT2D eigenvalue weighted by atomic mass is 10.2. The average molecular weight is 387 g/mol. The summed E-state index contributed by atoms with van der Waals surface area (Å²) in [5.41, 5.74) is 1.99. The lowest BCUT2D eigenvalue weighted by molar-refractivity contribution is -0.384. The van der Waals surface area contributed by atoms with Gasteiger partial charge in [-0.25, -0.2) is 4.98 Å². The second-order valence-electron chi connectivity index (χ2n) is 5.56. The molecule has 2 aromatic carbocycles. The van der Waals surface area contributed by atoms with Crippen LogP contribution < -0.4 is 4.90 Å². The van der Waals surface area contributed by atoms with E-state index in [0.29, 0.717) is 29.4 Å². The molecule has 2 N–H and O–H groups in total. The predicted octanol–water partition coefficient (Wildman–Crippen LogP) is 3.41. The Morgan fingerprint density at radius 3 is 2.41 bits per heavy atom. The van der Waals surface area contributed by atoms with Crippen LogP contribution in [0.5, 0.6) is 0 Å². The number of aromatic nitrogens is 1. The molecule has 9 nitrogen and oxygen atoms in total. The van der Waals surface area contributed by atoms with Gasteiger partial charge in [0.1, 0.15) is 0 Å². The molecule has 140 valence electrons. The molecule has 0 atom stereocenters. The second kappa shape index (κ2) is 8.62. The fourth-order valence-corrected chi connectivity index (χ4v) is 3.27. The number of aliphatic hydroxyl groups excluding tert-OH is 2. The number of hydrogen-bond donors (Lipinski definition) is 2. The van der Waals surface area contributed by atoms with Gasteiger partial charge in [-0.3, -0.25) is 10.1 Å². The predicted molar refractivity (Wildman–Crippen MR) is 103 cm³/mol. The number of rotatable bonds is 8. The molecule has 3 aromatic rings. The lowest BCUT2D eigenvalue weighted by Gasteiger charge is -2.22. The molecule has 0 spiro atoms. The molecule has 0 aliphatic heterocycles. The number of nitro groups is 1. The highest BCUT2D eigenvalue weighted by atomic mass is 32.1. The van der Waals surface area contributed by atoms with E-state index in [1.54, 1.807) is 18.2 Å². The quantitative estimate of drug-likeness (QED) is 0.347. The van der Waals surface area contributed by atoms with E-state index in [1.807, 2.05) is 17.0 Å². The van der Waals surface area contributed by atoms with Gasteiger partial charge < -0.3 is 15.1 Å². The van der Waals surface area contributed by atoms with E-state index >= 15 is 0 Å². The summed E-state index contributed by atoms with van der Waals surface area (Å²) >= 11 is 1.30. The van der Waals surface area contributed by atoms with Crippen LogP contribution in [0.25, 0.3) is 10.2 Å². The molecule has 1 heterocycles. The Labute approximate surface area is 158 Å². The maximum atomic E-state index is 10.8. The van der Waals surface area contributed by atoms with Crippen molar-refractivity contribution in [1.82, 2.24) is 4.98 Å². The highest BCUT2D eigenvalue weighted by molar-refractivity contribution is 7.21. The summed E-state index contributed by atoms with van der Waals surface area (Å²) in [5.74, 6) is 0. The highest BCUT2D eigenvalue weighted by Crippen LogP contribution is 2.31. The van der Waals surface area contributed by atoms with Gasteiger partial charge >= 0.3 is 0 Å². The Balaban J connectivity index is 1.75. The minimum Gasteiger partial charge on any atom is -0.395 e. The fourth-order valence-electron chi connectivity index (χ4n) is 2.50. The van der Waals surface area contributed by atoms with Crippen LogP contribution in [-0.2, 0) is 0 Å². The number of aliphatic hydroxyl groups is 2. The highest BCUT2D eigenvalue weighted by Gasteiger charge is 2.10. The molecule has 0 radical (unpaired) electrons. The number of non-ortho nitro benzene ring substituents is 1. The van der Waals surface area contributed by atoms with E-state index in [4.69, 9.17) is 10.2 Å². The molecule has 0 bridgehead atoms. The van der Waals surface area contributed by atoms with Gasteiger partial charge in [0.25, 0.3) is 5.69 Å². The molecule has 0 unspecified atom stereocenters. The van der Waals surface area contributed by atoms with Crippen molar-refractivity contribution in [3.05, 3.63) is 52.6 Å². The number of azo groups is 1. The van der Waals surface area contributed by atoms with Crippen LogP contribution in [0.15, 0.2) is 52.7 Å². The van der Waals surface area contributed by atoms with Crippen LogP contribution in [-0.4, -0.2) is 46.4 Å². The smallest absolute Gasteiger partial charge is 0.271 e. The van der Waals surface area contributed by atoms with Gasteiger partial charge in [0.15, 0.2) is 0 Å². The van der Waals surface area contributed by atoms with Crippen LogP contribution in [0.2, 0.25) is 0 Å². The van der Waals surface area contributed by atoms with Crippen molar-refractivity contribution in [3.63, 3.8) is 0 Å². The molecule has 0 aliphatic carbocycles. The zero-order valence-electron chi connectivity index (χ0n) is 14.2. The number of benzene rings is 2. The van der Waals surface area contributed by atoms with Crippen molar-refractivity contribution < 1.29 is 15.1 Å². The molecular formula is C17H17N5O4S. The van der Waals surface area contributed by atoms with Gasteiger partial charge in [0.2, 0.25) is 5.13 Å². The molecule has 0 aliphatic rings. The van der Waals surface area contributed by atoms with Gasteiger partial charge in [-0.05, 0) is 30.3 Å². The summed E-state index contributed by atoms with van der Waals surface area (Å²) in [6.07, 6.45) is 0. The van der Waals surface area contributed by atoms with E-state index in [1.165, 1.54) is 23.5 Å². The Hall–Kier alpha value is -2.95. The van der Waals surface area contributed by atoms with E-state index in [2.05, 4.69) is 15.2 Å². The van der Waals surface area contributed by atoms with Crippen molar-refractivity contribution in [2.45, 2.75) is 0 Å². The third-order valence-corrected chi connectivity index (χ3v) is 4.70. The molecule has 0 saturated carbocycles. The zero-order valence-corrected chi connectivity index (χ0v) is 15.0. The van der Waals surface area contributed by atoms with Gasteiger partial charge in [0.05, 0.1) is 34.0 Å². The van der Waals surface area contributed by atoms with Gasteiger partial charge in [0, 0.05) is 30.9 Å². The van der Waals surface area contributed by atoms with Crippen LogP contribution in [0.3, 0.4) is 0 Å². The molecule has 27 heavy (non-hydrogen) atoms. The van der Waals surface area contributed by atoms with Crippen LogP contribution in [0.1, 0.15) is 0 Å². The van der Waals surface area contributed by atoms with E-state index in [0.717, 1.165) is 10.4 Å². The third-order valence-electron chi connectivity index (χ3n) is 3.78. The maximum absolute atomic E-state index is 10.8. The molecule has 0 fully saturated rings. The minimum absolute atomic E-state index is 0.00275. The number of anilines is 1. The molecular weight excluding hydrogens is 370 g/mol. The Morgan fingerprint density at radius 2 is 1.78 bits per heavy atom. The zero-order chi connectivity index (χ0) is 19.2. The van der Waals surface area contributed by atoms with Gasteiger partial charge in [-0.2, -0.15) is 0 Å². The molecule has 0 saturated heterocycles. The summed E-state index contributed by atoms with van der Waals surface area (Å²) in [4.78, 5) is 16.5. The van der Waals surface area contributed by atoms with Crippen molar-refractivity contribution in [2.75, 3.05) is 31.2 Å². The number of fused-ring (bicyclic) bond motifs is 1. The van der Waals surface area contributed by atoms with E-state index in [9.17, 15) is 10.1 Å². The Morgan fingerprint density at radius 1 is 1.07 bits per heavy atom. The third kappa shape index (κ3) is 4.61. The monoisotopic (exact) mass is 387 g/mol. The Kier molecular flexibility index (Phi) is 6.01. The summed E-state index contributed by atoms with van der Waals surface area (Å²) in [6.45, 7) is 0.854. The average Bonchev–Trinajstić information content (AvgIpc) is 3.08. The first-order valence-corrected chi connectivity index (χ1v) is 8.96. The molecule has 0 amide bonds. The van der Waals surface area contributed by atoms with Crippen LogP contribution in [0, 0.1) is 10.1 Å². The summed E-state index contributed by atoms with van der Waals surface area (Å²) in [7, 11) is 0. The maximum Gasteiger partial charge on any atom is 0.271 e. The summed E-state index contributed by atoms with van der Waals surface area (Å²) in [6, 6.07) is 11.7. The van der Waals surface area contributed by atoms with Crippen LogP contribution >= 0.6 is 11.3 Å². The number of hydrogen-bond acceptors (Lipinski definition) is 9. The van der Waals surface area contributed by atoms with E-state index < -0.39 is 4.92 Å². The summed E-state index contributed by atoms with van der Waals surface area (Å²) in [5, 5.41) is 37.7. The lowest BCUT2D eigenvalue weighted by Crippen LogP contribution is -2.29. The van der Waals surface area contributed by atoms with Crippen LogP contribution in [0.4, 0.5) is 22.2 Å². The fraction of sp³-hybridized carbons (Fsp3) is 0.235. The number of thiazole rings is 1. The Bertz CT molecular complexity index is 952. The standard InChI is InChI=1S/C17H17N5O4S/c23-9-7-21(8-10-24)13-3-1-12(2-4-13)19-20-17-18-15-11-14(22(25)26)5-6-16(15)27-17/h1-6,11,23-24H,7-10H2. The van der Waals surface area contributed by atoms with Crippen molar-refractivity contribution in [2.24, 2.45) is 10.2 Å². The molecule has 3 rings (SSSR count). The normalized spacial score (nSPS) is 11.3. The first-order valence-electron chi connectivity index (χ1n) is 8.14. The van der Waals surface area contributed by atoms with Gasteiger partial charge in [-0.15, -0.1) is 10.2 Å². The van der Waals surface area contributed by atoms with Crippen molar-refractivity contribution in [1.29, 1.82) is 0 Å². The largest absolute Gasteiger partial charge is 0.395 e. The first-order chi connectivity index (χ1) is 13.1.